The van der Waals surface area contributed by atoms with Crippen molar-refractivity contribution in [1.29, 1.82) is 0 Å². The molecule has 4 nitrogen and oxygen atoms in total. The van der Waals surface area contributed by atoms with Crippen molar-refractivity contribution < 1.29 is 18.3 Å². The van der Waals surface area contributed by atoms with Crippen LogP contribution in [-0.2, 0) is 11.2 Å². The Bertz CT molecular complexity index is 574. The number of hydrogen-bond donors (Lipinski definition) is 2. The number of carbonyl (C=O) groups excluding carboxylic acids is 1. The van der Waals surface area contributed by atoms with Gasteiger partial charge in [0.1, 0.15) is 5.75 Å². The van der Waals surface area contributed by atoms with Gasteiger partial charge in [-0.25, -0.2) is 0 Å². The van der Waals surface area contributed by atoms with Gasteiger partial charge >= 0.3 is 6.61 Å². The molecule has 2 atom stereocenters. The van der Waals surface area contributed by atoms with E-state index in [1.165, 1.54) is 12.5 Å². The van der Waals surface area contributed by atoms with Gasteiger partial charge in [0.2, 0.25) is 5.91 Å². The molecule has 0 saturated heterocycles. The van der Waals surface area contributed by atoms with Crippen molar-refractivity contribution in [1.82, 2.24) is 5.32 Å². The maximum atomic E-state index is 12.5. The molecule has 1 aromatic rings. The number of ether oxygens (including phenoxy) is 1. The van der Waals surface area contributed by atoms with Gasteiger partial charge in [-0.1, -0.05) is 24.6 Å². The van der Waals surface area contributed by atoms with E-state index < -0.39 is 6.61 Å². The number of nitrogens with one attached hydrogen (secondary N) is 1. The molecule has 0 heterocycles. The summed E-state index contributed by atoms with van der Waals surface area (Å²) in [4.78, 5) is 12.4. The van der Waals surface area contributed by atoms with Crippen LogP contribution < -0.4 is 15.8 Å². The average Bonchev–Trinajstić information content (AvgIpc) is 2.49. The third-order valence-electron chi connectivity index (χ3n) is 5.24. The number of hydrogen-bond acceptors (Lipinski definition) is 3. The second kappa shape index (κ2) is 8.81. The van der Waals surface area contributed by atoms with Crippen LogP contribution in [0.3, 0.4) is 0 Å². The van der Waals surface area contributed by atoms with Crippen LogP contribution in [0.1, 0.15) is 37.7 Å². The van der Waals surface area contributed by atoms with Gasteiger partial charge in [-0.3, -0.25) is 4.79 Å². The number of carbonyl (C=O) groups is 1. The van der Waals surface area contributed by atoms with E-state index in [2.05, 4.69) is 10.1 Å². The lowest BCUT2D eigenvalue weighted by atomic mass is 9.67. The third kappa shape index (κ3) is 5.05. The number of amides is 1. The van der Waals surface area contributed by atoms with E-state index in [0.717, 1.165) is 25.7 Å². The Morgan fingerprint density at radius 2 is 1.88 bits per heavy atom. The Morgan fingerprint density at radius 1 is 1.24 bits per heavy atom. The second-order valence-electron chi connectivity index (χ2n) is 6.94. The molecule has 2 unspecified atom stereocenters. The first-order valence-electron chi connectivity index (χ1n) is 8.60. The summed E-state index contributed by atoms with van der Waals surface area (Å²) in [7, 11) is 0. The summed E-state index contributed by atoms with van der Waals surface area (Å²) in [5.74, 6) is 0.791. The van der Waals surface area contributed by atoms with Crippen molar-refractivity contribution in [2.75, 3.05) is 0 Å². The van der Waals surface area contributed by atoms with E-state index in [9.17, 15) is 13.6 Å². The molecule has 3 rings (SSSR count). The monoisotopic (exact) mass is 374 g/mol. The van der Waals surface area contributed by atoms with E-state index in [1.807, 2.05) is 0 Å². The van der Waals surface area contributed by atoms with Crippen LogP contribution in [-0.4, -0.2) is 24.6 Å². The zero-order chi connectivity index (χ0) is 17.1. The lowest BCUT2D eigenvalue weighted by Crippen LogP contribution is -2.54. The summed E-state index contributed by atoms with van der Waals surface area (Å²) < 4.78 is 29.4. The van der Waals surface area contributed by atoms with Gasteiger partial charge in [0.05, 0.1) is 6.42 Å². The van der Waals surface area contributed by atoms with Crippen LogP contribution in [0.5, 0.6) is 5.75 Å². The molecule has 2 fully saturated rings. The first-order valence-corrected chi connectivity index (χ1v) is 8.60. The molecule has 1 aromatic carbocycles. The smallest absolute Gasteiger partial charge is 0.387 e. The molecule has 0 aromatic heterocycles. The molecule has 2 aliphatic carbocycles. The maximum Gasteiger partial charge on any atom is 0.387 e. The van der Waals surface area contributed by atoms with E-state index in [-0.39, 0.29) is 42.6 Å². The van der Waals surface area contributed by atoms with E-state index in [1.54, 1.807) is 18.2 Å². The van der Waals surface area contributed by atoms with Crippen LogP contribution in [0.25, 0.3) is 0 Å². The van der Waals surface area contributed by atoms with Crippen LogP contribution in [0.4, 0.5) is 8.78 Å². The molecular weight excluding hydrogens is 350 g/mol. The number of fused-ring (bicyclic) bond motifs is 2. The zero-order valence-corrected chi connectivity index (χ0v) is 14.8. The topological polar surface area (TPSA) is 64.3 Å². The molecular formula is C18H25ClF2N2O2. The van der Waals surface area contributed by atoms with Crippen molar-refractivity contribution in [3.05, 3.63) is 29.8 Å². The maximum absolute atomic E-state index is 12.5. The highest BCUT2D eigenvalue weighted by atomic mass is 35.5. The van der Waals surface area contributed by atoms with Crippen molar-refractivity contribution in [2.45, 2.75) is 57.2 Å². The van der Waals surface area contributed by atoms with Gasteiger partial charge in [0.15, 0.2) is 0 Å². The van der Waals surface area contributed by atoms with Crippen LogP contribution in [0.2, 0.25) is 0 Å². The van der Waals surface area contributed by atoms with Gasteiger partial charge < -0.3 is 15.8 Å². The Morgan fingerprint density at radius 3 is 2.52 bits per heavy atom. The largest absolute Gasteiger partial charge is 0.435 e. The highest BCUT2D eigenvalue weighted by Gasteiger charge is 2.39. The summed E-state index contributed by atoms with van der Waals surface area (Å²) in [6.07, 6.45) is 5.34. The summed E-state index contributed by atoms with van der Waals surface area (Å²) in [6, 6.07) is 6.84. The quantitative estimate of drug-likeness (QED) is 0.831. The van der Waals surface area contributed by atoms with Crippen molar-refractivity contribution >= 4 is 18.3 Å². The molecule has 140 valence electrons. The standard InChI is InChI=1S/C18H24F2N2O2.ClH/c19-18(20)24-15-7-2-1-4-11(15)10-16(23)22-17-12-5-3-6-13(17)9-14(21)8-12;/h1-2,4,7,12-14,17-18H,3,5-6,8-10,21H2,(H,22,23);1H. The summed E-state index contributed by atoms with van der Waals surface area (Å²) in [5, 5.41) is 3.13. The van der Waals surface area contributed by atoms with E-state index in [0.29, 0.717) is 17.4 Å². The van der Waals surface area contributed by atoms with Gasteiger partial charge in [0, 0.05) is 17.6 Å². The number of rotatable bonds is 5. The Hall–Kier alpha value is -1.40. The predicted molar refractivity (Wildman–Crippen MR) is 94.0 cm³/mol. The highest BCUT2D eigenvalue weighted by Crippen LogP contribution is 2.39. The van der Waals surface area contributed by atoms with Crippen molar-refractivity contribution in [3.8, 4) is 5.75 Å². The Kier molecular flexibility index (Phi) is 7.02. The summed E-state index contributed by atoms with van der Waals surface area (Å²) in [6.45, 7) is -2.89. The van der Waals surface area contributed by atoms with Crippen LogP contribution >= 0.6 is 12.4 Å². The van der Waals surface area contributed by atoms with Crippen LogP contribution in [0, 0.1) is 11.8 Å². The SMILES string of the molecule is Cl.NC1CC2CCCC(C1)C2NC(=O)Cc1ccccc1OC(F)F. The number of nitrogens with two attached hydrogens (primary N) is 1. The number of benzene rings is 1. The van der Waals surface area contributed by atoms with Gasteiger partial charge in [0.25, 0.3) is 0 Å². The fourth-order valence-corrected chi connectivity index (χ4v) is 4.30. The minimum atomic E-state index is -2.89. The molecule has 3 N–H and O–H groups in total. The number of alkyl halides is 2. The number of halogens is 3. The second-order valence-corrected chi connectivity index (χ2v) is 6.94. The molecule has 7 heteroatoms. The fourth-order valence-electron chi connectivity index (χ4n) is 4.30. The van der Waals surface area contributed by atoms with Gasteiger partial charge in [-0.2, -0.15) is 8.78 Å². The molecule has 25 heavy (non-hydrogen) atoms. The van der Waals surface area contributed by atoms with Crippen LogP contribution in [0.15, 0.2) is 24.3 Å². The fraction of sp³-hybridized carbons (Fsp3) is 0.611. The lowest BCUT2D eigenvalue weighted by Gasteiger charge is -2.45. The molecule has 2 bridgehead atoms. The van der Waals surface area contributed by atoms with Crippen molar-refractivity contribution in [3.63, 3.8) is 0 Å². The highest BCUT2D eigenvalue weighted by molar-refractivity contribution is 5.85. The molecule has 2 saturated carbocycles. The molecule has 0 spiro atoms. The molecule has 0 aliphatic heterocycles. The molecule has 0 radical (unpaired) electrons. The summed E-state index contributed by atoms with van der Waals surface area (Å²) >= 11 is 0. The summed E-state index contributed by atoms with van der Waals surface area (Å²) in [5.41, 5.74) is 6.59. The van der Waals surface area contributed by atoms with Crippen molar-refractivity contribution in [2.24, 2.45) is 17.6 Å². The third-order valence-corrected chi connectivity index (χ3v) is 5.24. The molecule has 2 aliphatic rings. The lowest BCUT2D eigenvalue weighted by molar-refractivity contribution is -0.122. The molecule has 1 amide bonds. The zero-order valence-electron chi connectivity index (χ0n) is 14.0. The first kappa shape index (κ1) is 19.9. The predicted octanol–water partition coefficient (Wildman–Crippen LogP) is 3.27. The minimum absolute atomic E-state index is 0. The Labute approximate surface area is 152 Å². The number of para-hydroxylation sites is 1. The van der Waals surface area contributed by atoms with Gasteiger partial charge in [-0.05, 0) is 43.6 Å². The Balaban J connectivity index is 0.00000225. The van der Waals surface area contributed by atoms with Gasteiger partial charge in [-0.15, -0.1) is 12.4 Å². The van der Waals surface area contributed by atoms with E-state index in [4.69, 9.17) is 5.73 Å². The first-order chi connectivity index (χ1) is 11.5. The normalized spacial score (nSPS) is 28.2. The average molecular weight is 375 g/mol. The van der Waals surface area contributed by atoms with E-state index >= 15 is 0 Å². The minimum Gasteiger partial charge on any atom is -0.435 e.